The molecule has 0 aliphatic rings. The molecule has 1 rings (SSSR count). The van der Waals surface area contributed by atoms with E-state index >= 15 is 0 Å². The molecule has 1 atom stereocenters. The van der Waals surface area contributed by atoms with Gasteiger partial charge < -0.3 is 10.1 Å². The monoisotopic (exact) mass is 313 g/mol. The summed E-state index contributed by atoms with van der Waals surface area (Å²) in [6.07, 6.45) is 0.696. The lowest BCUT2D eigenvalue weighted by atomic mass is 10.1. The SMILES string of the molecule is CCC(Br)C(=O)Nc1cc(C(=O)OC)ccc1C. The van der Waals surface area contributed by atoms with E-state index in [-0.39, 0.29) is 10.7 Å². The van der Waals surface area contributed by atoms with Crippen molar-refractivity contribution in [3.8, 4) is 0 Å². The molecule has 0 aromatic heterocycles. The summed E-state index contributed by atoms with van der Waals surface area (Å²) in [5.74, 6) is -0.543. The Balaban J connectivity index is 2.94. The van der Waals surface area contributed by atoms with Gasteiger partial charge in [-0.15, -0.1) is 0 Å². The molecule has 0 saturated heterocycles. The Hall–Kier alpha value is -1.36. The van der Waals surface area contributed by atoms with Gasteiger partial charge in [0.2, 0.25) is 5.91 Å². The minimum Gasteiger partial charge on any atom is -0.465 e. The van der Waals surface area contributed by atoms with E-state index < -0.39 is 5.97 Å². The molecular weight excluding hydrogens is 298 g/mol. The highest BCUT2D eigenvalue weighted by atomic mass is 79.9. The fraction of sp³-hybridized carbons (Fsp3) is 0.385. The average molecular weight is 314 g/mol. The number of carbonyl (C=O) groups is 2. The van der Waals surface area contributed by atoms with Crippen molar-refractivity contribution in [1.82, 2.24) is 0 Å². The summed E-state index contributed by atoms with van der Waals surface area (Å²) >= 11 is 3.28. The van der Waals surface area contributed by atoms with Crippen LogP contribution in [0.2, 0.25) is 0 Å². The number of ether oxygens (including phenoxy) is 1. The molecule has 1 N–H and O–H groups in total. The molecule has 0 saturated carbocycles. The van der Waals surface area contributed by atoms with Crippen LogP contribution in [-0.4, -0.2) is 23.8 Å². The normalized spacial score (nSPS) is 11.8. The zero-order valence-corrected chi connectivity index (χ0v) is 12.2. The summed E-state index contributed by atoms with van der Waals surface area (Å²) in [6, 6.07) is 5.06. The van der Waals surface area contributed by atoms with Crippen LogP contribution in [0, 0.1) is 6.92 Å². The topological polar surface area (TPSA) is 55.4 Å². The maximum absolute atomic E-state index is 11.8. The van der Waals surface area contributed by atoms with Crippen LogP contribution >= 0.6 is 15.9 Å². The predicted octanol–water partition coefficient (Wildman–Crippen LogP) is 2.89. The van der Waals surface area contributed by atoms with Crippen LogP contribution in [0.3, 0.4) is 0 Å². The number of anilines is 1. The standard InChI is InChI=1S/C13H16BrNO3/c1-4-10(14)12(16)15-11-7-9(13(17)18-3)6-5-8(11)2/h5-7,10H,4H2,1-3H3,(H,15,16). The van der Waals surface area contributed by atoms with E-state index in [1.807, 2.05) is 13.8 Å². The largest absolute Gasteiger partial charge is 0.465 e. The maximum atomic E-state index is 11.8. The molecule has 1 aromatic carbocycles. The van der Waals surface area contributed by atoms with Crippen molar-refractivity contribution < 1.29 is 14.3 Å². The molecule has 0 aliphatic heterocycles. The quantitative estimate of drug-likeness (QED) is 0.687. The van der Waals surface area contributed by atoms with E-state index in [9.17, 15) is 9.59 Å². The zero-order valence-electron chi connectivity index (χ0n) is 10.6. The van der Waals surface area contributed by atoms with E-state index in [1.54, 1.807) is 18.2 Å². The lowest BCUT2D eigenvalue weighted by molar-refractivity contribution is -0.115. The van der Waals surface area contributed by atoms with Crippen molar-refractivity contribution in [2.24, 2.45) is 0 Å². The van der Waals surface area contributed by atoms with Crippen LogP contribution in [0.25, 0.3) is 0 Å². The van der Waals surface area contributed by atoms with Crippen LogP contribution in [0.1, 0.15) is 29.3 Å². The zero-order chi connectivity index (χ0) is 13.7. The number of hydrogen-bond acceptors (Lipinski definition) is 3. The smallest absolute Gasteiger partial charge is 0.337 e. The van der Waals surface area contributed by atoms with Gasteiger partial charge in [0, 0.05) is 5.69 Å². The van der Waals surface area contributed by atoms with Crippen molar-refractivity contribution in [1.29, 1.82) is 0 Å². The first-order valence-electron chi connectivity index (χ1n) is 5.63. The van der Waals surface area contributed by atoms with Gasteiger partial charge in [-0.05, 0) is 31.0 Å². The van der Waals surface area contributed by atoms with E-state index in [4.69, 9.17) is 0 Å². The number of aryl methyl sites for hydroxylation is 1. The summed E-state index contributed by atoms with van der Waals surface area (Å²) in [5.41, 5.74) is 1.94. The van der Waals surface area contributed by atoms with Crippen LogP contribution in [0.4, 0.5) is 5.69 Å². The van der Waals surface area contributed by atoms with Gasteiger partial charge in [-0.2, -0.15) is 0 Å². The second-order valence-corrected chi connectivity index (χ2v) is 4.99. The second kappa shape index (κ2) is 6.54. The highest BCUT2D eigenvalue weighted by Crippen LogP contribution is 2.19. The van der Waals surface area contributed by atoms with E-state index in [0.29, 0.717) is 17.7 Å². The molecule has 1 unspecified atom stereocenters. The first-order valence-corrected chi connectivity index (χ1v) is 6.55. The molecule has 0 aliphatic carbocycles. The van der Waals surface area contributed by atoms with Crippen molar-refractivity contribution in [2.75, 3.05) is 12.4 Å². The van der Waals surface area contributed by atoms with Gasteiger partial charge in [0.25, 0.3) is 0 Å². The number of halogens is 1. The van der Waals surface area contributed by atoms with Crippen LogP contribution in [0.15, 0.2) is 18.2 Å². The number of alkyl halides is 1. The van der Waals surface area contributed by atoms with E-state index in [0.717, 1.165) is 5.56 Å². The Morgan fingerprint density at radius 3 is 2.67 bits per heavy atom. The van der Waals surface area contributed by atoms with Crippen molar-refractivity contribution >= 4 is 33.5 Å². The number of amides is 1. The summed E-state index contributed by atoms with van der Waals surface area (Å²) in [5, 5.41) is 2.79. The summed E-state index contributed by atoms with van der Waals surface area (Å²) in [7, 11) is 1.33. The minimum absolute atomic E-state index is 0.123. The van der Waals surface area contributed by atoms with Gasteiger partial charge in [-0.3, -0.25) is 4.79 Å². The molecular formula is C13H16BrNO3. The highest BCUT2D eigenvalue weighted by Gasteiger charge is 2.14. The van der Waals surface area contributed by atoms with Crippen LogP contribution < -0.4 is 5.32 Å². The number of benzene rings is 1. The maximum Gasteiger partial charge on any atom is 0.337 e. The Labute approximate surface area is 115 Å². The van der Waals surface area contributed by atoms with Crippen molar-refractivity contribution in [2.45, 2.75) is 25.1 Å². The average Bonchev–Trinajstić information content (AvgIpc) is 2.39. The number of hydrogen-bond donors (Lipinski definition) is 1. The molecule has 1 aromatic rings. The highest BCUT2D eigenvalue weighted by molar-refractivity contribution is 9.10. The molecule has 0 heterocycles. The lowest BCUT2D eigenvalue weighted by Gasteiger charge is -2.12. The molecule has 0 spiro atoms. The van der Waals surface area contributed by atoms with Gasteiger partial charge in [-0.25, -0.2) is 4.79 Å². The fourth-order valence-corrected chi connectivity index (χ4v) is 1.51. The minimum atomic E-state index is -0.420. The second-order valence-electron chi connectivity index (χ2n) is 3.89. The fourth-order valence-electron chi connectivity index (χ4n) is 1.40. The molecule has 0 fully saturated rings. The number of methoxy groups -OCH3 is 1. The van der Waals surface area contributed by atoms with Gasteiger partial charge >= 0.3 is 5.97 Å². The van der Waals surface area contributed by atoms with Crippen molar-refractivity contribution in [3.63, 3.8) is 0 Å². The third kappa shape index (κ3) is 3.57. The number of esters is 1. The van der Waals surface area contributed by atoms with Crippen LogP contribution in [-0.2, 0) is 9.53 Å². The van der Waals surface area contributed by atoms with Crippen molar-refractivity contribution in [3.05, 3.63) is 29.3 Å². The first-order chi connectivity index (χ1) is 8.49. The Morgan fingerprint density at radius 2 is 2.11 bits per heavy atom. The molecule has 18 heavy (non-hydrogen) atoms. The number of rotatable bonds is 4. The Bertz CT molecular complexity index is 460. The first kappa shape index (κ1) is 14.7. The Kier molecular flexibility index (Phi) is 5.34. The van der Waals surface area contributed by atoms with Gasteiger partial charge in [0.15, 0.2) is 0 Å². The van der Waals surface area contributed by atoms with E-state index in [1.165, 1.54) is 7.11 Å². The third-order valence-electron chi connectivity index (χ3n) is 2.56. The molecule has 0 radical (unpaired) electrons. The third-order valence-corrected chi connectivity index (χ3v) is 3.62. The Morgan fingerprint density at radius 1 is 1.44 bits per heavy atom. The predicted molar refractivity (Wildman–Crippen MR) is 74.2 cm³/mol. The lowest BCUT2D eigenvalue weighted by Crippen LogP contribution is -2.22. The summed E-state index contributed by atoms with van der Waals surface area (Å²) < 4.78 is 4.64. The molecule has 0 bridgehead atoms. The number of carbonyl (C=O) groups excluding carboxylic acids is 2. The van der Waals surface area contributed by atoms with Gasteiger partial charge in [0.1, 0.15) is 0 Å². The summed E-state index contributed by atoms with van der Waals surface area (Å²) in [6.45, 7) is 3.78. The van der Waals surface area contributed by atoms with Gasteiger partial charge in [0.05, 0.1) is 17.5 Å². The van der Waals surface area contributed by atoms with E-state index in [2.05, 4.69) is 26.0 Å². The molecule has 4 nitrogen and oxygen atoms in total. The summed E-state index contributed by atoms with van der Waals surface area (Å²) in [4.78, 5) is 22.9. The number of nitrogens with one attached hydrogen (secondary N) is 1. The molecule has 98 valence electrons. The molecule has 1 amide bonds. The molecule has 5 heteroatoms. The van der Waals surface area contributed by atoms with Crippen LogP contribution in [0.5, 0.6) is 0 Å². The van der Waals surface area contributed by atoms with Gasteiger partial charge in [-0.1, -0.05) is 28.9 Å².